The summed E-state index contributed by atoms with van der Waals surface area (Å²) in [6.45, 7) is 8.75. The number of rotatable bonds is 2. The van der Waals surface area contributed by atoms with Gasteiger partial charge < -0.3 is 10.3 Å². The molecule has 3 nitrogen and oxygen atoms in total. The van der Waals surface area contributed by atoms with Crippen LogP contribution >= 0.6 is 0 Å². The Morgan fingerprint density at radius 2 is 1.70 bits per heavy atom. The van der Waals surface area contributed by atoms with Gasteiger partial charge in [-0.25, -0.2) is 4.98 Å². The van der Waals surface area contributed by atoms with Crippen LogP contribution in [0.15, 0.2) is 18.5 Å². The number of aryl methyl sites for hydroxylation is 3. The van der Waals surface area contributed by atoms with Crippen LogP contribution in [0.25, 0.3) is 11.3 Å². The number of piperidine rings is 1. The van der Waals surface area contributed by atoms with E-state index in [2.05, 4.69) is 48.2 Å². The van der Waals surface area contributed by atoms with E-state index >= 15 is 0 Å². The molecule has 0 bridgehead atoms. The second-order valence-electron chi connectivity index (χ2n) is 5.96. The number of imidazole rings is 1. The highest BCUT2D eigenvalue weighted by Crippen LogP contribution is 2.35. The SMILES string of the molecule is Cc1cc(C)c(-c2nc[nH]c2C2CCNCC2)c(C)c1. The second-order valence-corrected chi connectivity index (χ2v) is 5.96. The van der Waals surface area contributed by atoms with E-state index < -0.39 is 0 Å². The molecule has 1 aromatic carbocycles. The molecule has 0 saturated carbocycles. The molecule has 1 aliphatic rings. The van der Waals surface area contributed by atoms with Crippen molar-refractivity contribution in [1.82, 2.24) is 15.3 Å². The molecule has 2 aromatic rings. The predicted molar refractivity (Wildman–Crippen MR) is 83.1 cm³/mol. The van der Waals surface area contributed by atoms with E-state index in [9.17, 15) is 0 Å². The van der Waals surface area contributed by atoms with Gasteiger partial charge in [0.15, 0.2) is 0 Å². The van der Waals surface area contributed by atoms with E-state index in [4.69, 9.17) is 0 Å². The topological polar surface area (TPSA) is 40.7 Å². The Bertz CT molecular complexity index is 583. The van der Waals surface area contributed by atoms with Crippen LogP contribution in [0.3, 0.4) is 0 Å². The number of nitrogens with one attached hydrogen (secondary N) is 2. The Morgan fingerprint density at radius 3 is 2.35 bits per heavy atom. The van der Waals surface area contributed by atoms with Gasteiger partial charge in [-0.2, -0.15) is 0 Å². The lowest BCUT2D eigenvalue weighted by Crippen LogP contribution is -2.27. The molecule has 1 saturated heterocycles. The fourth-order valence-corrected chi connectivity index (χ4v) is 3.48. The lowest BCUT2D eigenvalue weighted by Gasteiger charge is -2.23. The fraction of sp³-hybridized carbons (Fsp3) is 0.471. The zero-order valence-corrected chi connectivity index (χ0v) is 12.6. The average Bonchev–Trinajstić information content (AvgIpc) is 2.87. The van der Waals surface area contributed by atoms with Gasteiger partial charge in [0, 0.05) is 17.2 Å². The lowest BCUT2D eigenvalue weighted by molar-refractivity contribution is 0.455. The minimum Gasteiger partial charge on any atom is -0.348 e. The summed E-state index contributed by atoms with van der Waals surface area (Å²) in [6.07, 6.45) is 4.24. The van der Waals surface area contributed by atoms with E-state index in [-0.39, 0.29) is 0 Å². The maximum atomic E-state index is 4.64. The van der Waals surface area contributed by atoms with Crippen LogP contribution in [-0.2, 0) is 0 Å². The molecule has 0 amide bonds. The van der Waals surface area contributed by atoms with Crippen molar-refractivity contribution in [1.29, 1.82) is 0 Å². The molecule has 3 heteroatoms. The summed E-state index contributed by atoms with van der Waals surface area (Å²) >= 11 is 0. The predicted octanol–water partition coefficient (Wildman–Crippen LogP) is 3.47. The number of hydrogen-bond acceptors (Lipinski definition) is 2. The number of hydrogen-bond donors (Lipinski definition) is 2. The smallest absolute Gasteiger partial charge is 0.0929 e. The normalized spacial score (nSPS) is 16.6. The number of H-pyrrole nitrogens is 1. The summed E-state index contributed by atoms with van der Waals surface area (Å²) in [7, 11) is 0. The fourth-order valence-electron chi connectivity index (χ4n) is 3.48. The molecule has 3 rings (SSSR count). The standard InChI is InChI=1S/C17H23N3/c1-11-8-12(2)15(13(3)9-11)17-16(19-10-20-17)14-4-6-18-7-5-14/h8-10,14,18H,4-7H2,1-3H3,(H,19,20). The number of aromatic nitrogens is 2. The summed E-state index contributed by atoms with van der Waals surface area (Å²) in [5.41, 5.74) is 7.76. The highest BCUT2D eigenvalue weighted by atomic mass is 14.9. The molecule has 0 radical (unpaired) electrons. The Morgan fingerprint density at radius 1 is 1.05 bits per heavy atom. The van der Waals surface area contributed by atoms with Gasteiger partial charge in [-0.15, -0.1) is 0 Å². The molecule has 20 heavy (non-hydrogen) atoms. The lowest BCUT2D eigenvalue weighted by atomic mass is 9.89. The summed E-state index contributed by atoms with van der Waals surface area (Å²) in [5, 5.41) is 3.43. The van der Waals surface area contributed by atoms with Gasteiger partial charge in [0.25, 0.3) is 0 Å². The summed E-state index contributed by atoms with van der Waals surface area (Å²) in [5.74, 6) is 0.605. The van der Waals surface area contributed by atoms with Crippen LogP contribution in [0.1, 0.15) is 41.1 Å². The van der Waals surface area contributed by atoms with E-state index in [1.807, 2.05) is 6.33 Å². The van der Waals surface area contributed by atoms with Crippen molar-refractivity contribution in [2.24, 2.45) is 0 Å². The van der Waals surface area contributed by atoms with E-state index in [0.29, 0.717) is 5.92 Å². The van der Waals surface area contributed by atoms with Crippen molar-refractivity contribution in [3.8, 4) is 11.3 Å². The summed E-state index contributed by atoms with van der Waals surface area (Å²) in [6, 6.07) is 4.51. The first-order valence-corrected chi connectivity index (χ1v) is 7.49. The van der Waals surface area contributed by atoms with Crippen LogP contribution in [-0.4, -0.2) is 23.1 Å². The van der Waals surface area contributed by atoms with Crippen LogP contribution in [0.4, 0.5) is 0 Å². The largest absolute Gasteiger partial charge is 0.348 e. The van der Waals surface area contributed by atoms with Gasteiger partial charge in [0.05, 0.1) is 12.0 Å². The van der Waals surface area contributed by atoms with Gasteiger partial charge in [0.1, 0.15) is 0 Å². The van der Waals surface area contributed by atoms with Crippen molar-refractivity contribution in [3.63, 3.8) is 0 Å². The first-order chi connectivity index (χ1) is 9.66. The molecule has 1 aliphatic heterocycles. The van der Waals surface area contributed by atoms with Gasteiger partial charge in [0.2, 0.25) is 0 Å². The third-order valence-electron chi connectivity index (χ3n) is 4.33. The molecular formula is C17H23N3. The average molecular weight is 269 g/mol. The van der Waals surface area contributed by atoms with E-state index in [0.717, 1.165) is 18.8 Å². The minimum absolute atomic E-state index is 0.605. The van der Waals surface area contributed by atoms with Crippen LogP contribution < -0.4 is 5.32 Å². The second kappa shape index (κ2) is 5.41. The molecule has 1 fully saturated rings. The molecule has 1 aromatic heterocycles. The highest BCUT2D eigenvalue weighted by molar-refractivity contribution is 5.70. The monoisotopic (exact) mass is 269 g/mol. The van der Waals surface area contributed by atoms with Crippen molar-refractivity contribution in [2.75, 3.05) is 13.1 Å². The molecule has 2 N–H and O–H groups in total. The minimum atomic E-state index is 0.605. The van der Waals surface area contributed by atoms with E-state index in [1.165, 1.54) is 40.8 Å². The number of benzene rings is 1. The maximum Gasteiger partial charge on any atom is 0.0929 e. The van der Waals surface area contributed by atoms with Crippen molar-refractivity contribution < 1.29 is 0 Å². The van der Waals surface area contributed by atoms with Crippen molar-refractivity contribution in [2.45, 2.75) is 39.5 Å². The van der Waals surface area contributed by atoms with Crippen LogP contribution in [0.5, 0.6) is 0 Å². The number of nitrogens with zero attached hydrogens (tertiary/aromatic N) is 1. The first-order valence-electron chi connectivity index (χ1n) is 7.49. The maximum absolute atomic E-state index is 4.64. The molecule has 2 heterocycles. The molecule has 0 aliphatic carbocycles. The zero-order chi connectivity index (χ0) is 14.1. The van der Waals surface area contributed by atoms with Crippen molar-refractivity contribution in [3.05, 3.63) is 40.8 Å². The van der Waals surface area contributed by atoms with Gasteiger partial charge >= 0.3 is 0 Å². The summed E-state index contributed by atoms with van der Waals surface area (Å²) < 4.78 is 0. The highest BCUT2D eigenvalue weighted by Gasteiger charge is 2.22. The third kappa shape index (κ3) is 2.38. The Balaban J connectivity index is 2.05. The van der Waals surface area contributed by atoms with Crippen LogP contribution in [0, 0.1) is 20.8 Å². The van der Waals surface area contributed by atoms with Gasteiger partial charge in [-0.1, -0.05) is 17.7 Å². The Hall–Kier alpha value is -1.61. The third-order valence-corrected chi connectivity index (χ3v) is 4.33. The molecular weight excluding hydrogens is 246 g/mol. The Labute approximate surface area is 120 Å². The van der Waals surface area contributed by atoms with Gasteiger partial charge in [-0.05, 0) is 57.8 Å². The molecule has 106 valence electrons. The van der Waals surface area contributed by atoms with E-state index in [1.54, 1.807) is 0 Å². The van der Waals surface area contributed by atoms with Crippen molar-refractivity contribution >= 4 is 0 Å². The first kappa shape index (κ1) is 13.4. The van der Waals surface area contributed by atoms with Crippen LogP contribution in [0.2, 0.25) is 0 Å². The number of aromatic amines is 1. The zero-order valence-electron chi connectivity index (χ0n) is 12.6. The Kier molecular flexibility index (Phi) is 3.62. The quantitative estimate of drug-likeness (QED) is 0.876. The van der Waals surface area contributed by atoms with Gasteiger partial charge in [-0.3, -0.25) is 0 Å². The molecule has 0 unspecified atom stereocenters. The molecule has 0 spiro atoms. The summed E-state index contributed by atoms with van der Waals surface area (Å²) in [4.78, 5) is 8.04. The molecule has 0 atom stereocenters.